The van der Waals surface area contributed by atoms with Crippen LogP contribution in [0.15, 0.2) is 60.8 Å². The topological polar surface area (TPSA) is 45.2 Å². The van der Waals surface area contributed by atoms with Crippen LogP contribution in [0.3, 0.4) is 0 Å². The van der Waals surface area contributed by atoms with Gasteiger partial charge in [0.2, 0.25) is 0 Å². The Hall–Kier alpha value is -3.28. The molecule has 1 aliphatic heterocycles. The summed E-state index contributed by atoms with van der Waals surface area (Å²) in [6.45, 7) is 6.99. The van der Waals surface area contributed by atoms with E-state index in [2.05, 4.69) is 55.3 Å². The van der Waals surface area contributed by atoms with Gasteiger partial charge in [-0.25, -0.2) is 13.6 Å². The predicted octanol–water partition coefficient (Wildman–Crippen LogP) is 6.23. The summed E-state index contributed by atoms with van der Waals surface area (Å²) < 4.78 is 27.0. The number of urea groups is 1. The Labute approximate surface area is 187 Å². The fourth-order valence-corrected chi connectivity index (χ4v) is 4.13. The highest BCUT2D eigenvalue weighted by Gasteiger charge is 2.31. The quantitative estimate of drug-likeness (QED) is 0.519. The van der Waals surface area contributed by atoms with Crippen molar-refractivity contribution in [2.24, 2.45) is 0 Å². The monoisotopic (exact) mass is 435 g/mol. The van der Waals surface area contributed by atoms with E-state index in [0.717, 1.165) is 41.8 Å². The van der Waals surface area contributed by atoms with Crippen LogP contribution in [0.2, 0.25) is 0 Å². The second kappa shape index (κ2) is 8.69. The number of amides is 2. The number of hydrogen-bond acceptors (Lipinski definition) is 2. The maximum atomic E-state index is 13.7. The van der Waals surface area contributed by atoms with Gasteiger partial charge in [0.05, 0.1) is 6.04 Å². The van der Waals surface area contributed by atoms with Crippen LogP contribution in [-0.2, 0) is 11.8 Å². The zero-order valence-corrected chi connectivity index (χ0v) is 18.5. The summed E-state index contributed by atoms with van der Waals surface area (Å²) in [6.07, 6.45) is 3.29. The van der Waals surface area contributed by atoms with Crippen molar-refractivity contribution in [2.45, 2.75) is 45.1 Å². The number of anilines is 1. The predicted molar refractivity (Wildman–Crippen MR) is 122 cm³/mol. The first kappa shape index (κ1) is 21.9. The third-order valence-electron chi connectivity index (χ3n) is 5.87. The SMILES string of the molecule is CC(C)(C)c1ccc(C2c3cccnc3CCCN2C(=O)Nc2ccc(F)c(F)c2)cc1. The zero-order valence-electron chi connectivity index (χ0n) is 18.5. The molecular formula is C26H27F2N3O. The van der Waals surface area contributed by atoms with Crippen LogP contribution in [0.1, 0.15) is 55.6 Å². The number of nitrogens with zero attached hydrogens (tertiary/aromatic N) is 2. The largest absolute Gasteiger partial charge is 0.322 e. The number of halogens is 2. The summed E-state index contributed by atoms with van der Waals surface area (Å²) in [5.41, 5.74) is 4.38. The average Bonchev–Trinajstić information content (AvgIpc) is 2.95. The molecule has 1 aromatic heterocycles. The molecule has 1 N–H and O–H groups in total. The number of pyridine rings is 1. The minimum absolute atomic E-state index is 0.0190. The standard InChI is InChI=1S/C26H27F2N3O/c1-26(2,3)18-10-8-17(9-11-18)24-20-6-4-14-29-23(20)7-5-15-31(24)25(32)30-19-12-13-21(27)22(28)16-19/h4,6,8-14,16,24H,5,7,15H2,1-3H3,(H,30,32). The number of benzene rings is 2. The van der Waals surface area contributed by atoms with Gasteiger partial charge in [0.25, 0.3) is 0 Å². The second-order valence-electron chi connectivity index (χ2n) is 9.17. The second-order valence-corrected chi connectivity index (χ2v) is 9.17. The molecule has 32 heavy (non-hydrogen) atoms. The van der Waals surface area contributed by atoms with E-state index in [-0.39, 0.29) is 23.2 Å². The Bertz CT molecular complexity index is 1120. The third kappa shape index (κ3) is 4.49. The molecule has 0 spiro atoms. The Balaban J connectivity index is 1.72. The minimum Gasteiger partial charge on any atom is -0.313 e. The van der Waals surface area contributed by atoms with Crippen molar-refractivity contribution in [1.29, 1.82) is 0 Å². The first-order chi connectivity index (χ1) is 15.2. The number of carbonyl (C=O) groups is 1. The van der Waals surface area contributed by atoms with Crippen molar-refractivity contribution < 1.29 is 13.6 Å². The normalized spacial score (nSPS) is 16.3. The molecule has 0 fully saturated rings. The van der Waals surface area contributed by atoms with E-state index in [1.54, 1.807) is 11.1 Å². The highest BCUT2D eigenvalue weighted by atomic mass is 19.2. The summed E-state index contributed by atoms with van der Waals surface area (Å²) in [6, 6.07) is 14.9. The minimum atomic E-state index is -0.998. The van der Waals surface area contributed by atoms with Crippen molar-refractivity contribution in [1.82, 2.24) is 9.88 Å². The number of hydrogen-bond donors (Lipinski definition) is 1. The van der Waals surface area contributed by atoms with Crippen molar-refractivity contribution in [3.8, 4) is 0 Å². The van der Waals surface area contributed by atoms with Crippen molar-refractivity contribution in [3.05, 3.63) is 94.8 Å². The van der Waals surface area contributed by atoms with E-state index in [1.165, 1.54) is 11.6 Å². The molecule has 2 heterocycles. The highest BCUT2D eigenvalue weighted by Crippen LogP contribution is 2.35. The number of fused-ring (bicyclic) bond motifs is 1. The van der Waals surface area contributed by atoms with Gasteiger partial charge < -0.3 is 10.2 Å². The van der Waals surface area contributed by atoms with E-state index in [4.69, 9.17) is 0 Å². The van der Waals surface area contributed by atoms with Crippen LogP contribution in [0.5, 0.6) is 0 Å². The number of carbonyl (C=O) groups excluding carboxylic acids is 1. The van der Waals surface area contributed by atoms with Crippen LogP contribution in [0, 0.1) is 11.6 Å². The molecular weight excluding hydrogens is 408 g/mol. The lowest BCUT2D eigenvalue weighted by atomic mass is 9.85. The van der Waals surface area contributed by atoms with E-state index >= 15 is 0 Å². The fourth-order valence-electron chi connectivity index (χ4n) is 4.13. The van der Waals surface area contributed by atoms with Gasteiger partial charge in [-0.15, -0.1) is 0 Å². The maximum absolute atomic E-state index is 13.7. The molecule has 0 radical (unpaired) electrons. The first-order valence-electron chi connectivity index (χ1n) is 10.8. The molecule has 0 saturated carbocycles. The van der Waals surface area contributed by atoms with Gasteiger partial charge in [-0.2, -0.15) is 0 Å². The molecule has 1 aliphatic rings. The zero-order chi connectivity index (χ0) is 22.9. The molecule has 1 unspecified atom stereocenters. The summed E-state index contributed by atoms with van der Waals surface area (Å²) >= 11 is 0. The lowest BCUT2D eigenvalue weighted by molar-refractivity contribution is 0.199. The lowest BCUT2D eigenvalue weighted by Gasteiger charge is -2.32. The number of rotatable bonds is 2. The van der Waals surface area contributed by atoms with Gasteiger partial charge in [-0.1, -0.05) is 51.1 Å². The molecule has 0 bridgehead atoms. The molecule has 0 aliphatic carbocycles. The summed E-state index contributed by atoms with van der Waals surface area (Å²) in [5, 5.41) is 2.73. The molecule has 2 aromatic carbocycles. The summed E-state index contributed by atoms with van der Waals surface area (Å²) in [4.78, 5) is 19.6. The lowest BCUT2D eigenvalue weighted by Crippen LogP contribution is -2.38. The number of aryl methyl sites for hydroxylation is 1. The Morgan fingerprint density at radius 1 is 1.06 bits per heavy atom. The van der Waals surface area contributed by atoms with Gasteiger partial charge in [0, 0.05) is 35.8 Å². The Morgan fingerprint density at radius 2 is 1.81 bits per heavy atom. The smallest absolute Gasteiger partial charge is 0.313 e. The molecule has 4 nitrogen and oxygen atoms in total. The molecule has 6 heteroatoms. The van der Waals surface area contributed by atoms with Crippen LogP contribution in [-0.4, -0.2) is 22.5 Å². The average molecular weight is 436 g/mol. The summed E-state index contributed by atoms with van der Waals surface area (Å²) in [7, 11) is 0. The van der Waals surface area contributed by atoms with Crippen LogP contribution < -0.4 is 5.32 Å². The van der Waals surface area contributed by atoms with Crippen molar-refractivity contribution >= 4 is 11.7 Å². The van der Waals surface area contributed by atoms with Crippen molar-refractivity contribution in [2.75, 3.05) is 11.9 Å². The van der Waals surface area contributed by atoms with Gasteiger partial charge in [0.1, 0.15) is 0 Å². The fraction of sp³-hybridized carbons (Fsp3) is 0.308. The van der Waals surface area contributed by atoms with Gasteiger partial charge in [-0.05, 0) is 47.6 Å². The maximum Gasteiger partial charge on any atom is 0.322 e. The van der Waals surface area contributed by atoms with Crippen LogP contribution >= 0.6 is 0 Å². The molecule has 1 atom stereocenters. The molecule has 0 saturated heterocycles. The van der Waals surface area contributed by atoms with E-state index in [9.17, 15) is 13.6 Å². The first-order valence-corrected chi connectivity index (χ1v) is 10.8. The molecule has 3 aromatic rings. The van der Waals surface area contributed by atoms with Gasteiger partial charge in [-0.3, -0.25) is 4.98 Å². The van der Waals surface area contributed by atoms with Crippen LogP contribution in [0.25, 0.3) is 0 Å². The third-order valence-corrected chi connectivity index (χ3v) is 5.87. The van der Waals surface area contributed by atoms with Crippen LogP contribution in [0.4, 0.5) is 19.3 Å². The van der Waals surface area contributed by atoms with Crippen molar-refractivity contribution in [3.63, 3.8) is 0 Å². The Kier molecular flexibility index (Phi) is 5.96. The van der Waals surface area contributed by atoms with E-state index < -0.39 is 11.6 Å². The van der Waals surface area contributed by atoms with E-state index in [1.807, 2.05) is 12.1 Å². The Morgan fingerprint density at radius 3 is 2.50 bits per heavy atom. The number of aromatic nitrogens is 1. The van der Waals surface area contributed by atoms with Gasteiger partial charge in [0.15, 0.2) is 11.6 Å². The molecule has 166 valence electrons. The number of nitrogens with one attached hydrogen (secondary N) is 1. The molecule has 4 rings (SSSR count). The van der Waals surface area contributed by atoms with E-state index in [0.29, 0.717) is 6.54 Å². The summed E-state index contributed by atoms with van der Waals surface area (Å²) in [5.74, 6) is -1.95. The van der Waals surface area contributed by atoms with Gasteiger partial charge >= 0.3 is 6.03 Å². The highest BCUT2D eigenvalue weighted by molar-refractivity contribution is 5.90. The molecule has 2 amide bonds.